The molecule has 1 aromatic heterocycles. The first-order valence-electron chi connectivity index (χ1n) is 5.95. The fourth-order valence-electron chi connectivity index (χ4n) is 1.76. The van der Waals surface area contributed by atoms with E-state index in [-0.39, 0.29) is 0 Å². The molecule has 2 atom stereocenters. The molecule has 0 spiro atoms. The normalized spacial score (nSPS) is 14.4. The highest BCUT2D eigenvalue weighted by molar-refractivity contribution is 7.98. The molecule has 0 aliphatic rings. The van der Waals surface area contributed by atoms with E-state index in [1.165, 1.54) is 0 Å². The monoisotopic (exact) mass is 254 g/mol. The second kappa shape index (κ2) is 6.87. The lowest BCUT2D eigenvalue weighted by atomic mass is 10.2. The summed E-state index contributed by atoms with van der Waals surface area (Å²) in [7, 11) is 2.10. The minimum Gasteiger partial charge on any atom is -0.387 e. The van der Waals surface area contributed by atoms with Crippen LogP contribution in [-0.4, -0.2) is 35.2 Å². The summed E-state index contributed by atoms with van der Waals surface area (Å²) in [5, 5.41) is 9.41. The smallest absolute Gasteiger partial charge is 0.0931 e. The van der Waals surface area contributed by atoms with Crippen molar-refractivity contribution in [2.75, 3.05) is 24.0 Å². The Balaban J connectivity index is 2.77. The first-order valence-corrected chi connectivity index (χ1v) is 7.35. The third kappa shape index (κ3) is 3.89. The van der Waals surface area contributed by atoms with Gasteiger partial charge < -0.3 is 10.0 Å². The first kappa shape index (κ1) is 14.3. The van der Waals surface area contributed by atoms with Crippen LogP contribution in [0.15, 0.2) is 18.3 Å². The Bertz CT molecular complexity index is 327. The third-order valence-corrected chi connectivity index (χ3v) is 3.70. The molecular weight excluding hydrogens is 232 g/mol. The van der Waals surface area contributed by atoms with Gasteiger partial charge in [-0.05, 0) is 31.7 Å². The van der Waals surface area contributed by atoms with Crippen molar-refractivity contribution in [1.82, 2.24) is 4.98 Å². The highest BCUT2D eigenvalue weighted by Gasteiger charge is 2.13. The van der Waals surface area contributed by atoms with Crippen molar-refractivity contribution in [3.63, 3.8) is 0 Å². The van der Waals surface area contributed by atoms with Crippen molar-refractivity contribution in [3.8, 4) is 0 Å². The molecule has 1 rings (SSSR count). The van der Waals surface area contributed by atoms with Crippen molar-refractivity contribution in [3.05, 3.63) is 24.0 Å². The molecule has 0 aromatic carbocycles. The summed E-state index contributed by atoms with van der Waals surface area (Å²) in [6.45, 7) is 3.93. The topological polar surface area (TPSA) is 36.4 Å². The molecule has 4 heteroatoms. The molecule has 3 nitrogen and oxygen atoms in total. The zero-order valence-corrected chi connectivity index (χ0v) is 11.9. The lowest BCUT2D eigenvalue weighted by Crippen LogP contribution is -2.33. The van der Waals surface area contributed by atoms with Crippen molar-refractivity contribution in [1.29, 1.82) is 0 Å². The molecule has 1 unspecified atom stereocenters. The number of hydrogen-bond acceptors (Lipinski definition) is 4. The van der Waals surface area contributed by atoms with Gasteiger partial charge in [0.05, 0.1) is 23.7 Å². The summed E-state index contributed by atoms with van der Waals surface area (Å²) >= 11 is 1.86. The predicted octanol–water partition coefficient (Wildman–Crippen LogP) is 2.71. The van der Waals surface area contributed by atoms with E-state index in [2.05, 4.69) is 30.1 Å². The van der Waals surface area contributed by atoms with E-state index in [0.29, 0.717) is 6.04 Å². The number of hydrogen-bond donors (Lipinski definition) is 1. The zero-order valence-electron chi connectivity index (χ0n) is 11.1. The summed E-state index contributed by atoms with van der Waals surface area (Å²) in [6, 6.07) is 4.45. The number of rotatable bonds is 6. The van der Waals surface area contributed by atoms with Gasteiger partial charge in [-0.25, -0.2) is 0 Å². The quantitative estimate of drug-likeness (QED) is 0.847. The van der Waals surface area contributed by atoms with Crippen LogP contribution in [0, 0.1) is 0 Å². The summed E-state index contributed by atoms with van der Waals surface area (Å²) < 4.78 is 0. The van der Waals surface area contributed by atoms with Crippen LogP contribution in [0.1, 0.15) is 32.1 Å². The number of pyridine rings is 1. The lowest BCUT2D eigenvalue weighted by Gasteiger charge is -2.28. The van der Waals surface area contributed by atoms with Crippen molar-refractivity contribution in [2.24, 2.45) is 0 Å². The molecule has 1 aromatic rings. The summed E-state index contributed by atoms with van der Waals surface area (Å²) in [5.41, 5.74) is 1.83. The lowest BCUT2D eigenvalue weighted by molar-refractivity contribution is 0.194. The highest BCUT2D eigenvalue weighted by atomic mass is 32.2. The Morgan fingerprint density at radius 3 is 2.59 bits per heavy atom. The Kier molecular flexibility index (Phi) is 5.78. The predicted molar refractivity (Wildman–Crippen MR) is 75.7 cm³/mol. The molecule has 0 saturated carbocycles. The minimum absolute atomic E-state index is 0.498. The second-order valence-corrected chi connectivity index (χ2v) is 5.16. The Morgan fingerprint density at radius 1 is 1.47 bits per heavy atom. The van der Waals surface area contributed by atoms with Crippen molar-refractivity contribution < 1.29 is 5.11 Å². The molecule has 0 aliphatic heterocycles. The van der Waals surface area contributed by atoms with Gasteiger partial charge in [-0.2, -0.15) is 11.8 Å². The van der Waals surface area contributed by atoms with Crippen LogP contribution >= 0.6 is 11.8 Å². The van der Waals surface area contributed by atoms with Crippen LogP contribution in [-0.2, 0) is 0 Å². The molecule has 0 aliphatic carbocycles. The van der Waals surface area contributed by atoms with E-state index in [1.807, 2.05) is 30.1 Å². The van der Waals surface area contributed by atoms with Crippen LogP contribution < -0.4 is 4.90 Å². The number of aromatic nitrogens is 1. The maximum atomic E-state index is 9.41. The van der Waals surface area contributed by atoms with Crippen molar-refractivity contribution in [2.45, 2.75) is 32.4 Å². The standard InChI is InChI=1S/C13H22N2OS/c1-5-11(9-17-4)15(3)12-6-7-13(10(2)16)14-8-12/h6-8,10-11,16H,5,9H2,1-4H3/t10-,11?/m0/s1. The number of aliphatic hydroxyl groups is 1. The maximum absolute atomic E-state index is 9.41. The third-order valence-electron chi connectivity index (χ3n) is 2.98. The largest absolute Gasteiger partial charge is 0.387 e. The number of aliphatic hydroxyl groups excluding tert-OH is 1. The Morgan fingerprint density at radius 2 is 2.18 bits per heavy atom. The van der Waals surface area contributed by atoms with E-state index in [9.17, 15) is 5.11 Å². The molecule has 1 N–H and O–H groups in total. The average molecular weight is 254 g/mol. The molecule has 0 saturated heterocycles. The van der Waals surface area contributed by atoms with Crippen LogP contribution in [0.5, 0.6) is 0 Å². The molecule has 0 radical (unpaired) electrons. The minimum atomic E-state index is -0.498. The van der Waals surface area contributed by atoms with E-state index in [1.54, 1.807) is 6.92 Å². The summed E-state index contributed by atoms with van der Waals surface area (Å²) in [4.78, 5) is 6.54. The van der Waals surface area contributed by atoms with Crippen LogP contribution in [0.2, 0.25) is 0 Å². The maximum Gasteiger partial charge on any atom is 0.0931 e. The summed E-state index contributed by atoms with van der Waals surface area (Å²) in [5.74, 6) is 1.12. The van der Waals surface area contributed by atoms with Gasteiger partial charge in [0.2, 0.25) is 0 Å². The van der Waals surface area contributed by atoms with Crippen molar-refractivity contribution >= 4 is 17.4 Å². The van der Waals surface area contributed by atoms with Gasteiger partial charge in [0.15, 0.2) is 0 Å². The molecular formula is C13H22N2OS. The zero-order chi connectivity index (χ0) is 12.8. The van der Waals surface area contributed by atoms with Crippen LogP contribution in [0.4, 0.5) is 5.69 Å². The van der Waals surface area contributed by atoms with E-state index < -0.39 is 6.10 Å². The van der Waals surface area contributed by atoms with E-state index in [4.69, 9.17) is 0 Å². The molecule has 0 bridgehead atoms. The highest BCUT2D eigenvalue weighted by Crippen LogP contribution is 2.19. The SMILES string of the molecule is CCC(CSC)N(C)c1ccc([C@H](C)O)nc1. The molecule has 0 fully saturated rings. The first-order chi connectivity index (χ1) is 8.10. The fraction of sp³-hybridized carbons (Fsp3) is 0.615. The molecule has 0 amide bonds. The summed E-state index contributed by atoms with van der Waals surface area (Å²) in [6.07, 6.45) is 4.59. The second-order valence-electron chi connectivity index (χ2n) is 4.25. The van der Waals surface area contributed by atoms with Gasteiger partial charge >= 0.3 is 0 Å². The molecule has 96 valence electrons. The Hall–Kier alpha value is -0.740. The number of nitrogens with zero attached hydrogens (tertiary/aromatic N) is 2. The fourth-order valence-corrected chi connectivity index (χ4v) is 2.60. The van der Waals surface area contributed by atoms with Gasteiger partial charge in [-0.15, -0.1) is 0 Å². The van der Waals surface area contributed by atoms with Crippen LogP contribution in [0.3, 0.4) is 0 Å². The average Bonchev–Trinajstić information content (AvgIpc) is 2.35. The van der Waals surface area contributed by atoms with E-state index >= 15 is 0 Å². The van der Waals surface area contributed by atoms with Gasteiger partial charge in [-0.3, -0.25) is 4.98 Å². The van der Waals surface area contributed by atoms with Gasteiger partial charge in [-0.1, -0.05) is 6.92 Å². The molecule has 17 heavy (non-hydrogen) atoms. The number of thioether (sulfide) groups is 1. The van der Waals surface area contributed by atoms with Gasteiger partial charge in [0.1, 0.15) is 0 Å². The van der Waals surface area contributed by atoms with Gasteiger partial charge in [0, 0.05) is 18.8 Å². The number of anilines is 1. The Labute approximate surface area is 108 Å². The molecule has 1 heterocycles. The van der Waals surface area contributed by atoms with Gasteiger partial charge in [0.25, 0.3) is 0 Å². The van der Waals surface area contributed by atoms with Crippen LogP contribution in [0.25, 0.3) is 0 Å². The van der Waals surface area contributed by atoms with E-state index in [0.717, 1.165) is 23.6 Å².